The molecule has 244 valence electrons. The van der Waals surface area contributed by atoms with Crippen LogP contribution in [0.15, 0.2) is 42.5 Å². The van der Waals surface area contributed by atoms with E-state index in [1.807, 2.05) is 0 Å². The van der Waals surface area contributed by atoms with Gasteiger partial charge in [0.25, 0.3) is 0 Å². The van der Waals surface area contributed by atoms with Gasteiger partial charge in [-0.05, 0) is 42.9 Å². The Kier molecular flexibility index (Phi) is 12.4. The van der Waals surface area contributed by atoms with E-state index in [-0.39, 0.29) is 44.2 Å². The van der Waals surface area contributed by atoms with Gasteiger partial charge in [0.15, 0.2) is 11.6 Å². The summed E-state index contributed by atoms with van der Waals surface area (Å²) in [6.45, 7) is -0.276. The van der Waals surface area contributed by atoms with Crippen LogP contribution in [0.3, 0.4) is 0 Å². The first-order valence-corrected chi connectivity index (χ1v) is 14.2. The Labute approximate surface area is 256 Å². The first-order chi connectivity index (χ1) is 21.2. The topological polar surface area (TPSA) is 199 Å². The molecule has 1 heterocycles. The zero-order valence-corrected chi connectivity index (χ0v) is 24.1. The molecule has 1 aliphatic heterocycles. The summed E-state index contributed by atoms with van der Waals surface area (Å²) in [4.78, 5) is 62.6. The standard InChI is InChI=1S/C30H35F3N4O8/c31-20-14-22(33)21(32)11-17(20)10-18(34)12-26(38)35-19-13-25(30(44)45)37(15-19)28(41)23(8-9-27(39)40)36-24(29(42)43)7-6-16-4-2-1-3-5-16/h1-5,11,14,18-19,23-25,36H,6-10,12-13,15,34H2,(H,35,38)(H,39,40)(H,42,43)(H,44,45)/t18-,19+,23+,24+,25+/m1/s1. The third kappa shape index (κ3) is 10.3. The maximum absolute atomic E-state index is 14.0. The van der Waals surface area contributed by atoms with Gasteiger partial charge >= 0.3 is 17.9 Å². The predicted octanol–water partition coefficient (Wildman–Crippen LogP) is 1.44. The summed E-state index contributed by atoms with van der Waals surface area (Å²) >= 11 is 0. The van der Waals surface area contributed by atoms with E-state index in [4.69, 9.17) is 5.73 Å². The van der Waals surface area contributed by atoms with Crippen LogP contribution in [0.4, 0.5) is 13.2 Å². The van der Waals surface area contributed by atoms with Gasteiger partial charge < -0.3 is 31.3 Å². The molecular formula is C30H35F3N4O8. The summed E-state index contributed by atoms with van der Waals surface area (Å²) in [6.07, 6.45) is -1.31. The van der Waals surface area contributed by atoms with Gasteiger partial charge in [0.1, 0.15) is 17.9 Å². The van der Waals surface area contributed by atoms with E-state index >= 15 is 0 Å². The highest BCUT2D eigenvalue weighted by Crippen LogP contribution is 2.22. The number of halogens is 3. The Morgan fingerprint density at radius 2 is 1.60 bits per heavy atom. The van der Waals surface area contributed by atoms with Gasteiger partial charge in [-0.1, -0.05) is 30.3 Å². The number of hydrogen-bond acceptors (Lipinski definition) is 7. The summed E-state index contributed by atoms with van der Waals surface area (Å²) in [5.74, 6) is -9.09. The van der Waals surface area contributed by atoms with E-state index in [2.05, 4.69) is 10.6 Å². The molecule has 15 heteroatoms. The zero-order chi connectivity index (χ0) is 33.3. The first-order valence-electron chi connectivity index (χ1n) is 14.2. The van der Waals surface area contributed by atoms with Crippen molar-refractivity contribution in [1.29, 1.82) is 0 Å². The van der Waals surface area contributed by atoms with Crippen LogP contribution in [0.5, 0.6) is 0 Å². The van der Waals surface area contributed by atoms with Gasteiger partial charge in [-0.3, -0.25) is 24.5 Å². The van der Waals surface area contributed by atoms with Crippen LogP contribution in [0, 0.1) is 17.5 Å². The smallest absolute Gasteiger partial charge is 0.326 e. The number of carboxylic acids is 3. The van der Waals surface area contributed by atoms with Crippen LogP contribution in [0.25, 0.3) is 0 Å². The fourth-order valence-electron chi connectivity index (χ4n) is 5.24. The molecule has 0 spiro atoms. The van der Waals surface area contributed by atoms with Crippen molar-refractivity contribution in [2.75, 3.05) is 6.54 Å². The lowest BCUT2D eigenvalue weighted by Crippen LogP contribution is -2.54. The average Bonchev–Trinajstić information content (AvgIpc) is 3.39. The second-order valence-electron chi connectivity index (χ2n) is 10.9. The van der Waals surface area contributed by atoms with E-state index in [9.17, 15) is 52.5 Å². The van der Waals surface area contributed by atoms with E-state index in [1.54, 1.807) is 30.3 Å². The van der Waals surface area contributed by atoms with Crippen LogP contribution >= 0.6 is 0 Å². The maximum Gasteiger partial charge on any atom is 0.326 e. The lowest BCUT2D eigenvalue weighted by Gasteiger charge is -2.29. The molecule has 7 N–H and O–H groups in total. The Balaban J connectivity index is 1.67. The Morgan fingerprint density at radius 3 is 2.22 bits per heavy atom. The number of nitrogens with one attached hydrogen (secondary N) is 2. The zero-order valence-electron chi connectivity index (χ0n) is 24.1. The number of rotatable bonds is 16. The fourth-order valence-corrected chi connectivity index (χ4v) is 5.24. The highest BCUT2D eigenvalue weighted by Gasteiger charge is 2.43. The molecule has 5 atom stereocenters. The first kappa shape index (κ1) is 35.0. The third-order valence-corrected chi connectivity index (χ3v) is 7.46. The van der Waals surface area contributed by atoms with Crippen LogP contribution in [-0.4, -0.2) is 86.7 Å². The largest absolute Gasteiger partial charge is 0.481 e. The molecule has 0 radical (unpaired) electrons. The van der Waals surface area contributed by atoms with E-state index < -0.39 is 83.8 Å². The van der Waals surface area contributed by atoms with E-state index in [0.29, 0.717) is 18.6 Å². The quantitative estimate of drug-likeness (QED) is 0.147. The molecule has 1 saturated heterocycles. The number of nitrogens with zero attached hydrogens (tertiary/aromatic N) is 1. The Hall–Kier alpha value is -4.50. The molecule has 2 aromatic rings. The number of benzene rings is 2. The van der Waals surface area contributed by atoms with Gasteiger partial charge in [0, 0.05) is 44.0 Å². The van der Waals surface area contributed by atoms with Crippen molar-refractivity contribution in [1.82, 2.24) is 15.5 Å². The molecule has 1 fully saturated rings. The minimum absolute atomic E-state index is 0.0615. The minimum atomic E-state index is -1.41. The van der Waals surface area contributed by atoms with Gasteiger partial charge in [-0.2, -0.15) is 0 Å². The molecule has 45 heavy (non-hydrogen) atoms. The second-order valence-corrected chi connectivity index (χ2v) is 10.9. The van der Waals surface area contributed by atoms with Crippen molar-refractivity contribution in [3.05, 3.63) is 71.0 Å². The van der Waals surface area contributed by atoms with Crippen LogP contribution in [0.2, 0.25) is 0 Å². The molecule has 0 unspecified atom stereocenters. The molecule has 0 aromatic heterocycles. The molecule has 2 aromatic carbocycles. The Morgan fingerprint density at radius 1 is 0.933 bits per heavy atom. The molecule has 0 aliphatic carbocycles. The number of carboxylic acid groups (broad SMARTS) is 3. The number of aliphatic carboxylic acids is 3. The van der Waals surface area contributed by atoms with Crippen LogP contribution in [-0.2, 0) is 36.8 Å². The molecule has 0 bridgehead atoms. The Bertz CT molecular complexity index is 1400. The lowest BCUT2D eigenvalue weighted by molar-refractivity contribution is -0.150. The number of aryl methyl sites for hydroxylation is 1. The normalized spacial score (nSPS) is 18.2. The number of amides is 2. The predicted molar refractivity (Wildman–Crippen MR) is 152 cm³/mol. The lowest BCUT2D eigenvalue weighted by atomic mass is 10.0. The second kappa shape index (κ2) is 16.0. The summed E-state index contributed by atoms with van der Waals surface area (Å²) in [7, 11) is 0. The highest BCUT2D eigenvalue weighted by molar-refractivity contribution is 5.89. The number of hydrogen-bond donors (Lipinski definition) is 6. The van der Waals surface area contributed by atoms with Crippen LogP contribution < -0.4 is 16.4 Å². The van der Waals surface area contributed by atoms with Crippen molar-refractivity contribution in [2.45, 2.75) is 75.2 Å². The number of carbonyl (C=O) groups is 5. The van der Waals surface area contributed by atoms with Crippen molar-refractivity contribution < 1.29 is 52.5 Å². The number of nitrogens with two attached hydrogens (primary N) is 1. The van der Waals surface area contributed by atoms with Crippen molar-refractivity contribution >= 4 is 29.7 Å². The summed E-state index contributed by atoms with van der Waals surface area (Å²) in [6, 6.07) is 4.10. The molecule has 2 amide bonds. The van der Waals surface area contributed by atoms with Crippen molar-refractivity contribution in [3.63, 3.8) is 0 Å². The number of likely N-dealkylation sites (tertiary alicyclic amines) is 1. The summed E-state index contributed by atoms with van der Waals surface area (Å²) in [5, 5.41) is 34.1. The van der Waals surface area contributed by atoms with Crippen LogP contribution in [0.1, 0.15) is 43.2 Å². The SMILES string of the molecule is N[C@@H](CC(=O)N[C@H]1C[C@@H](C(=O)O)N(C(=O)[C@H](CCC(=O)O)N[C@@H](CCc2ccccc2)C(=O)O)C1)Cc1cc(F)c(F)cc1F. The minimum Gasteiger partial charge on any atom is -0.481 e. The molecule has 3 rings (SSSR count). The average molecular weight is 637 g/mol. The summed E-state index contributed by atoms with van der Waals surface area (Å²) < 4.78 is 40.7. The maximum atomic E-state index is 14.0. The summed E-state index contributed by atoms with van der Waals surface area (Å²) in [5.41, 5.74) is 6.52. The van der Waals surface area contributed by atoms with Crippen molar-refractivity contribution in [2.24, 2.45) is 5.73 Å². The number of carbonyl (C=O) groups excluding carboxylic acids is 2. The highest BCUT2D eigenvalue weighted by atomic mass is 19.2. The molecule has 1 aliphatic rings. The fraction of sp³-hybridized carbons (Fsp3) is 0.433. The van der Waals surface area contributed by atoms with Gasteiger partial charge in [0.05, 0.1) is 6.04 Å². The monoisotopic (exact) mass is 636 g/mol. The molecule has 12 nitrogen and oxygen atoms in total. The van der Waals surface area contributed by atoms with E-state index in [0.717, 1.165) is 10.5 Å². The van der Waals surface area contributed by atoms with E-state index in [1.165, 1.54) is 0 Å². The third-order valence-electron chi connectivity index (χ3n) is 7.46. The molecular weight excluding hydrogens is 601 g/mol. The van der Waals surface area contributed by atoms with Gasteiger partial charge in [-0.15, -0.1) is 0 Å². The molecule has 0 saturated carbocycles. The van der Waals surface area contributed by atoms with Gasteiger partial charge in [-0.25, -0.2) is 18.0 Å². The van der Waals surface area contributed by atoms with Gasteiger partial charge in [0.2, 0.25) is 11.8 Å². The van der Waals surface area contributed by atoms with Crippen molar-refractivity contribution in [3.8, 4) is 0 Å².